The number of hydrogen-bond acceptors (Lipinski definition) is 1. The molecule has 0 aliphatic heterocycles. The second-order valence-electron chi connectivity index (χ2n) is 4.98. The highest BCUT2D eigenvalue weighted by Gasteiger charge is 2.30. The molecule has 0 radical (unpaired) electrons. The third-order valence-electron chi connectivity index (χ3n) is 3.46. The van der Waals surface area contributed by atoms with Crippen molar-refractivity contribution in [3.05, 3.63) is 35.4 Å². The van der Waals surface area contributed by atoms with Crippen LogP contribution in [0, 0.1) is 17.0 Å². The molecule has 1 aromatic carbocycles. The van der Waals surface area contributed by atoms with E-state index in [0.717, 1.165) is 12.6 Å². The largest absolute Gasteiger partial charge is 0.312 e. The van der Waals surface area contributed by atoms with Gasteiger partial charge in [-0.2, -0.15) is 0 Å². The van der Waals surface area contributed by atoms with Crippen LogP contribution >= 0.6 is 12.4 Å². The van der Waals surface area contributed by atoms with Crippen molar-refractivity contribution < 1.29 is 8.78 Å². The lowest BCUT2D eigenvalue weighted by atomic mass is 9.70. The van der Waals surface area contributed by atoms with Crippen molar-refractivity contribution in [2.45, 2.75) is 32.7 Å². The molecule has 0 unspecified atom stereocenters. The molecule has 17 heavy (non-hydrogen) atoms. The summed E-state index contributed by atoms with van der Waals surface area (Å²) >= 11 is 0. The van der Waals surface area contributed by atoms with Gasteiger partial charge in [0.05, 0.1) is 0 Å². The summed E-state index contributed by atoms with van der Waals surface area (Å²) in [7, 11) is 0. The Labute approximate surface area is 107 Å². The van der Waals surface area contributed by atoms with E-state index in [1.54, 1.807) is 12.1 Å². The molecule has 0 aromatic heterocycles. The molecule has 2 rings (SSSR count). The zero-order chi connectivity index (χ0) is 11.6. The number of rotatable bonds is 4. The lowest BCUT2D eigenvalue weighted by Crippen LogP contribution is -2.37. The average Bonchev–Trinajstić information content (AvgIpc) is 2.22. The van der Waals surface area contributed by atoms with Crippen LogP contribution in [0.3, 0.4) is 0 Å². The fourth-order valence-corrected chi connectivity index (χ4v) is 2.14. The maximum absolute atomic E-state index is 13.3. The van der Waals surface area contributed by atoms with Crippen LogP contribution in [0.25, 0.3) is 0 Å². The fraction of sp³-hybridized carbons (Fsp3) is 0.538. The molecule has 0 spiro atoms. The van der Waals surface area contributed by atoms with Gasteiger partial charge in [0, 0.05) is 18.7 Å². The van der Waals surface area contributed by atoms with Gasteiger partial charge in [0.25, 0.3) is 0 Å². The van der Waals surface area contributed by atoms with Gasteiger partial charge in [-0.15, -0.1) is 12.4 Å². The van der Waals surface area contributed by atoms with Crippen molar-refractivity contribution in [2.75, 3.05) is 6.54 Å². The first-order chi connectivity index (χ1) is 7.61. The van der Waals surface area contributed by atoms with E-state index in [4.69, 9.17) is 0 Å². The van der Waals surface area contributed by atoms with E-state index in [0.29, 0.717) is 17.5 Å². The van der Waals surface area contributed by atoms with Gasteiger partial charge in [0.1, 0.15) is 0 Å². The molecule has 4 heteroatoms. The van der Waals surface area contributed by atoms with E-state index >= 15 is 0 Å². The summed E-state index contributed by atoms with van der Waals surface area (Å²) in [5, 5.41) is 3.21. The summed E-state index contributed by atoms with van der Waals surface area (Å²) < 4.78 is 26.2. The van der Waals surface area contributed by atoms with Gasteiger partial charge in [-0.3, -0.25) is 0 Å². The molecule has 0 bridgehead atoms. The molecule has 0 amide bonds. The molecule has 96 valence electrons. The second kappa shape index (κ2) is 5.78. The van der Waals surface area contributed by atoms with Crippen LogP contribution in [-0.4, -0.2) is 6.54 Å². The summed E-state index contributed by atoms with van der Waals surface area (Å²) in [6, 6.07) is 4.31. The minimum Gasteiger partial charge on any atom is -0.312 e. The van der Waals surface area contributed by atoms with Crippen molar-refractivity contribution in [3.63, 3.8) is 0 Å². The van der Waals surface area contributed by atoms with Crippen molar-refractivity contribution in [1.29, 1.82) is 0 Å². The normalized spacial score (nSPS) is 17.1. The summed E-state index contributed by atoms with van der Waals surface area (Å²) in [6.45, 7) is 3.51. The summed E-state index contributed by atoms with van der Waals surface area (Å²) in [5.74, 6) is -1.50. The van der Waals surface area contributed by atoms with Crippen LogP contribution in [0.4, 0.5) is 8.78 Å². The molecule has 1 aliphatic rings. The molecule has 1 saturated carbocycles. The summed E-state index contributed by atoms with van der Waals surface area (Å²) in [4.78, 5) is 0. The highest BCUT2D eigenvalue weighted by molar-refractivity contribution is 5.85. The predicted molar refractivity (Wildman–Crippen MR) is 67.3 cm³/mol. The smallest absolute Gasteiger partial charge is 0.163 e. The fourth-order valence-electron chi connectivity index (χ4n) is 2.14. The molecule has 1 N–H and O–H groups in total. The molecule has 1 aliphatic carbocycles. The van der Waals surface area contributed by atoms with E-state index in [1.807, 2.05) is 0 Å². The van der Waals surface area contributed by atoms with Crippen LogP contribution < -0.4 is 5.32 Å². The molecule has 1 aromatic rings. The zero-order valence-electron chi connectivity index (χ0n) is 9.93. The van der Waals surface area contributed by atoms with E-state index < -0.39 is 11.6 Å². The lowest BCUT2D eigenvalue weighted by Gasteiger charge is -2.38. The lowest BCUT2D eigenvalue weighted by molar-refractivity contribution is 0.156. The topological polar surface area (TPSA) is 12.0 Å². The van der Waals surface area contributed by atoms with Crippen molar-refractivity contribution in [1.82, 2.24) is 5.32 Å². The van der Waals surface area contributed by atoms with E-state index in [9.17, 15) is 8.78 Å². The molecule has 0 atom stereocenters. The Morgan fingerprint density at radius 2 is 2.00 bits per heavy atom. The van der Waals surface area contributed by atoms with Crippen LogP contribution in [-0.2, 0) is 6.54 Å². The Hall–Kier alpha value is -0.670. The van der Waals surface area contributed by atoms with E-state index in [-0.39, 0.29) is 12.4 Å². The maximum atomic E-state index is 13.3. The van der Waals surface area contributed by atoms with Gasteiger partial charge in [-0.1, -0.05) is 25.5 Å². The van der Waals surface area contributed by atoms with Crippen molar-refractivity contribution >= 4 is 12.4 Å². The Bertz CT molecular complexity index is 378. The highest BCUT2D eigenvalue weighted by atomic mass is 35.5. The van der Waals surface area contributed by atoms with Crippen LogP contribution in [0.15, 0.2) is 18.2 Å². The maximum Gasteiger partial charge on any atom is 0.163 e. The Morgan fingerprint density at radius 1 is 1.29 bits per heavy atom. The summed E-state index contributed by atoms with van der Waals surface area (Å²) in [5.41, 5.74) is 0.770. The van der Waals surface area contributed by atoms with Gasteiger partial charge in [0.15, 0.2) is 11.6 Å². The van der Waals surface area contributed by atoms with Gasteiger partial charge in [0.2, 0.25) is 0 Å². The van der Waals surface area contributed by atoms with Crippen molar-refractivity contribution in [3.8, 4) is 0 Å². The minimum atomic E-state index is -0.769. The number of hydrogen-bond donors (Lipinski definition) is 1. The monoisotopic (exact) mass is 261 g/mol. The molecule has 1 fully saturated rings. The first-order valence-electron chi connectivity index (χ1n) is 5.74. The Kier molecular flexibility index (Phi) is 4.90. The first kappa shape index (κ1) is 14.4. The third-order valence-corrected chi connectivity index (χ3v) is 3.46. The minimum absolute atomic E-state index is 0. The average molecular weight is 262 g/mol. The second-order valence-corrected chi connectivity index (χ2v) is 4.98. The van der Waals surface area contributed by atoms with E-state index in [1.165, 1.54) is 19.3 Å². The van der Waals surface area contributed by atoms with Crippen LogP contribution in [0.1, 0.15) is 31.7 Å². The molecular weight excluding hydrogens is 244 g/mol. The van der Waals surface area contributed by atoms with Crippen LogP contribution in [0.5, 0.6) is 0 Å². The van der Waals surface area contributed by atoms with Gasteiger partial charge < -0.3 is 5.32 Å². The van der Waals surface area contributed by atoms with E-state index in [2.05, 4.69) is 12.2 Å². The standard InChI is InChI=1S/C13H17F2N.ClH/c1-13(6-3-7-13)9-16-8-10-4-2-5-11(14)12(10)15;/h2,4-5,16H,3,6-9H2,1H3;1H. The van der Waals surface area contributed by atoms with Crippen LogP contribution in [0.2, 0.25) is 0 Å². The number of benzene rings is 1. The number of nitrogens with one attached hydrogen (secondary N) is 1. The number of halogens is 3. The summed E-state index contributed by atoms with van der Waals surface area (Å²) in [6.07, 6.45) is 3.74. The zero-order valence-corrected chi connectivity index (χ0v) is 10.7. The quantitative estimate of drug-likeness (QED) is 0.872. The Balaban J connectivity index is 0.00000144. The predicted octanol–water partition coefficient (Wildman–Crippen LogP) is 3.67. The molecule has 0 saturated heterocycles. The van der Waals surface area contributed by atoms with Crippen molar-refractivity contribution in [2.24, 2.45) is 5.41 Å². The first-order valence-corrected chi connectivity index (χ1v) is 5.74. The van der Waals surface area contributed by atoms with Gasteiger partial charge in [-0.05, 0) is 24.3 Å². The SMILES string of the molecule is CC1(CNCc2cccc(F)c2F)CCC1.Cl. The van der Waals surface area contributed by atoms with Gasteiger partial charge in [-0.25, -0.2) is 8.78 Å². The third kappa shape index (κ3) is 3.39. The molecular formula is C13H18ClF2N. The highest BCUT2D eigenvalue weighted by Crippen LogP contribution is 2.39. The van der Waals surface area contributed by atoms with Gasteiger partial charge >= 0.3 is 0 Å². The molecule has 0 heterocycles. The molecule has 1 nitrogen and oxygen atoms in total. The Morgan fingerprint density at radius 3 is 2.59 bits per heavy atom.